The van der Waals surface area contributed by atoms with Crippen molar-refractivity contribution in [1.82, 2.24) is 15.5 Å². The van der Waals surface area contributed by atoms with Crippen molar-refractivity contribution < 1.29 is 17.6 Å². The number of hydrogen-bond donors (Lipinski definition) is 2. The summed E-state index contributed by atoms with van der Waals surface area (Å²) in [7, 11) is -1.59. The summed E-state index contributed by atoms with van der Waals surface area (Å²) in [5.41, 5.74) is 0.803. The molecule has 1 saturated heterocycles. The lowest BCUT2D eigenvalue weighted by molar-refractivity contribution is 0.0950. The topological polar surface area (TPSA) is 78.5 Å². The van der Waals surface area contributed by atoms with E-state index in [1.165, 1.54) is 30.3 Å². The van der Waals surface area contributed by atoms with Crippen molar-refractivity contribution in [3.05, 3.63) is 62.9 Å². The number of carbonyl (C=O) groups is 1. The summed E-state index contributed by atoms with van der Waals surface area (Å²) in [5.74, 6) is -1.11. The highest BCUT2D eigenvalue weighted by atomic mass is 35.5. The zero-order chi connectivity index (χ0) is 24.9. The van der Waals surface area contributed by atoms with Gasteiger partial charge < -0.3 is 10.6 Å². The fraction of sp³-hybridized carbons (Fsp3) is 0.458. The van der Waals surface area contributed by atoms with Crippen LogP contribution in [0.3, 0.4) is 0 Å². The van der Waals surface area contributed by atoms with E-state index in [9.17, 15) is 17.6 Å². The second kappa shape index (κ2) is 11.8. The Hall–Kier alpha value is -1.71. The first-order valence-electron chi connectivity index (χ1n) is 11.3. The molecule has 6 nitrogen and oxygen atoms in total. The number of likely N-dealkylation sites (N-methyl/N-ethyl adjacent to an activating group) is 1. The number of nitrogens with one attached hydrogen (secondary N) is 2. The monoisotopic (exact) mass is 529 g/mol. The van der Waals surface area contributed by atoms with Crippen LogP contribution in [0.25, 0.3) is 0 Å². The van der Waals surface area contributed by atoms with Crippen LogP contribution in [-0.4, -0.2) is 51.2 Å². The van der Waals surface area contributed by atoms with E-state index < -0.39 is 21.6 Å². The summed E-state index contributed by atoms with van der Waals surface area (Å²) in [4.78, 5) is 15.0. The number of carbonyl (C=O) groups excluding carboxylic acids is 1. The molecule has 1 heterocycles. The fourth-order valence-corrected chi connectivity index (χ4v) is 6.21. The zero-order valence-electron chi connectivity index (χ0n) is 19.3. The van der Waals surface area contributed by atoms with Gasteiger partial charge in [-0.05, 0) is 68.8 Å². The van der Waals surface area contributed by atoms with Crippen LogP contribution in [0, 0.1) is 5.82 Å². The molecule has 2 aromatic rings. The highest BCUT2D eigenvalue weighted by Gasteiger charge is 2.23. The lowest BCUT2D eigenvalue weighted by Crippen LogP contribution is -2.44. The van der Waals surface area contributed by atoms with Crippen LogP contribution >= 0.6 is 23.2 Å². The minimum Gasteiger partial charge on any atom is -0.348 e. The van der Waals surface area contributed by atoms with Crippen molar-refractivity contribution in [2.75, 3.05) is 25.9 Å². The van der Waals surface area contributed by atoms with Gasteiger partial charge in [0.15, 0.2) is 9.84 Å². The van der Waals surface area contributed by atoms with E-state index in [-0.39, 0.29) is 27.8 Å². The molecule has 2 aromatic carbocycles. The van der Waals surface area contributed by atoms with Crippen molar-refractivity contribution in [3.63, 3.8) is 0 Å². The number of likely N-dealkylation sites (tertiary alicyclic amines) is 1. The molecule has 2 N–H and O–H groups in total. The Balaban J connectivity index is 1.73. The highest BCUT2D eigenvalue weighted by molar-refractivity contribution is 7.91. The Bertz CT molecular complexity index is 1120. The Kier molecular flexibility index (Phi) is 9.34. The maximum Gasteiger partial charge on any atom is 0.251 e. The summed E-state index contributed by atoms with van der Waals surface area (Å²) >= 11 is 12.4. The molecule has 1 aliphatic rings. The third kappa shape index (κ3) is 6.70. The molecule has 3 rings (SSSR count). The van der Waals surface area contributed by atoms with Crippen LogP contribution in [0.2, 0.25) is 10.0 Å². The summed E-state index contributed by atoms with van der Waals surface area (Å²) in [6.07, 6.45) is 2.56. The Morgan fingerprint density at radius 2 is 2.00 bits per heavy atom. The van der Waals surface area contributed by atoms with Crippen molar-refractivity contribution >= 4 is 38.9 Å². The minimum absolute atomic E-state index is 0.00998. The zero-order valence-corrected chi connectivity index (χ0v) is 21.7. The molecule has 34 heavy (non-hydrogen) atoms. The van der Waals surface area contributed by atoms with Gasteiger partial charge >= 0.3 is 0 Å². The molecule has 0 spiro atoms. The standard InChI is InChI=1S/C24H30Cl2FN3O3S/c1-3-9-34(32,33)23-7-6-18(25)10-17(23)13-29-24(31)16-11-21(26)20(22(27)12-16)15-30-8-4-5-19(14-30)28-2/h6-7,10-12,19,28H,3-5,8-9,13-15H2,1-2H3,(H,29,31)/t19-/m0/s1. The number of piperidine rings is 1. The average Bonchev–Trinajstić information content (AvgIpc) is 2.79. The van der Waals surface area contributed by atoms with E-state index in [0.717, 1.165) is 25.9 Å². The minimum atomic E-state index is -3.51. The molecule has 0 unspecified atom stereocenters. The number of halogens is 3. The van der Waals surface area contributed by atoms with Gasteiger partial charge in [0.1, 0.15) is 5.82 Å². The molecule has 1 fully saturated rings. The van der Waals surface area contributed by atoms with Gasteiger partial charge in [-0.15, -0.1) is 0 Å². The van der Waals surface area contributed by atoms with Crippen LogP contribution in [-0.2, 0) is 22.9 Å². The van der Waals surface area contributed by atoms with Crippen LogP contribution in [0.5, 0.6) is 0 Å². The maximum atomic E-state index is 14.9. The number of amides is 1. The van der Waals surface area contributed by atoms with E-state index in [2.05, 4.69) is 15.5 Å². The maximum absolute atomic E-state index is 14.9. The Morgan fingerprint density at radius 3 is 2.68 bits per heavy atom. The molecule has 0 aromatic heterocycles. The molecule has 0 saturated carbocycles. The van der Waals surface area contributed by atoms with Crippen molar-refractivity contribution in [1.29, 1.82) is 0 Å². The van der Waals surface area contributed by atoms with Crippen LogP contribution < -0.4 is 10.6 Å². The van der Waals surface area contributed by atoms with Gasteiger partial charge in [0.25, 0.3) is 5.91 Å². The van der Waals surface area contributed by atoms with Gasteiger partial charge in [-0.2, -0.15) is 0 Å². The number of benzene rings is 2. The second-order valence-corrected chi connectivity index (χ2v) is 11.5. The largest absolute Gasteiger partial charge is 0.348 e. The Morgan fingerprint density at radius 1 is 1.24 bits per heavy atom. The second-order valence-electron chi connectivity index (χ2n) is 8.53. The van der Waals surface area contributed by atoms with Crippen LogP contribution in [0.1, 0.15) is 47.7 Å². The van der Waals surface area contributed by atoms with Gasteiger partial charge in [0, 0.05) is 46.8 Å². The van der Waals surface area contributed by atoms with E-state index in [1.807, 2.05) is 7.05 Å². The van der Waals surface area contributed by atoms with E-state index >= 15 is 0 Å². The molecule has 10 heteroatoms. The van der Waals surface area contributed by atoms with Crippen LogP contribution in [0.15, 0.2) is 35.2 Å². The smallest absolute Gasteiger partial charge is 0.251 e. The SMILES string of the molecule is CCCS(=O)(=O)c1ccc(Cl)cc1CNC(=O)c1cc(F)c(CN2CCC[C@H](NC)C2)c(Cl)c1. The summed E-state index contributed by atoms with van der Waals surface area (Å²) in [6.45, 7) is 3.74. The van der Waals surface area contributed by atoms with Crippen molar-refractivity contribution in [2.45, 2.75) is 50.2 Å². The Labute approximate surface area is 210 Å². The quantitative estimate of drug-likeness (QED) is 0.502. The van der Waals surface area contributed by atoms with Gasteiger partial charge in [-0.3, -0.25) is 9.69 Å². The highest BCUT2D eigenvalue weighted by Crippen LogP contribution is 2.26. The molecule has 1 amide bonds. The third-order valence-corrected chi connectivity index (χ3v) is 8.55. The average molecular weight is 530 g/mol. The normalized spacial score (nSPS) is 17.0. The lowest BCUT2D eigenvalue weighted by atomic mass is 10.0. The van der Waals surface area contributed by atoms with E-state index in [0.29, 0.717) is 35.2 Å². The van der Waals surface area contributed by atoms with Crippen LogP contribution in [0.4, 0.5) is 4.39 Å². The molecule has 0 aliphatic carbocycles. The van der Waals surface area contributed by atoms with Gasteiger partial charge in [-0.1, -0.05) is 30.1 Å². The third-order valence-electron chi connectivity index (χ3n) is 5.97. The molecule has 1 atom stereocenters. The van der Waals surface area contributed by atoms with Crippen molar-refractivity contribution in [3.8, 4) is 0 Å². The first kappa shape index (κ1) is 26.9. The number of hydrogen-bond acceptors (Lipinski definition) is 5. The first-order valence-corrected chi connectivity index (χ1v) is 13.7. The van der Waals surface area contributed by atoms with Crippen molar-refractivity contribution in [2.24, 2.45) is 0 Å². The molecule has 1 aliphatic heterocycles. The predicted molar refractivity (Wildman–Crippen MR) is 134 cm³/mol. The fourth-order valence-electron chi connectivity index (χ4n) is 4.19. The first-order chi connectivity index (χ1) is 16.1. The number of nitrogens with zero attached hydrogens (tertiary/aromatic N) is 1. The predicted octanol–water partition coefficient (Wildman–Crippen LogP) is 4.43. The van der Waals surface area contributed by atoms with E-state index in [4.69, 9.17) is 23.2 Å². The van der Waals surface area contributed by atoms with Gasteiger partial charge in [0.2, 0.25) is 0 Å². The number of sulfone groups is 1. The summed E-state index contributed by atoms with van der Waals surface area (Å²) in [6, 6.07) is 7.43. The lowest BCUT2D eigenvalue weighted by Gasteiger charge is -2.32. The van der Waals surface area contributed by atoms with E-state index in [1.54, 1.807) is 6.92 Å². The summed E-state index contributed by atoms with van der Waals surface area (Å²) < 4.78 is 40.1. The molecular weight excluding hydrogens is 500 g/mol. The number of rotatable bonds is 9. The molecule has 186 valence electrons. The molecular formula is C24H30Cl2FN3O3S. The molecule has 0 radical (unpaired) electrons. The summed E-state index contributed by atoms with van der Waals surface area (Å²) in [5, 5.41) is 6.46. The molecule has 0 bridgehead atoms. The van der Waals surface area contributed by atoms with Gasteiger partial charge in [-0.25, -0.2) is 12.8 Å². The van der Waals surface area contributed by atoms with Gasteiger partial charge in [0.05, 0.1) is 10.6 Å².